The van der Waals surface area contributed by atoms with E-state index in [9.17, 15) is 9.59 Å². The predicted molar refractivity (Wildman–Crippen MR) is 173 cm³/mol. The van der Waals surface area contributed by atoms with Crippen LogP contribution in [0.3, 0.4) is 0 Å². The van der Waals surface area contributed by atoms with Crippen molar-refractivity contribution in [1.29, 1.82) is 5.26 Å². The molecule has 0 fully saturated rings. The van der Waals surface area contributed by atoms with Crippen molar-refractivity contribution >= 4 is 50.2 Å². The van der Waals surface area contributed by atoms with Crippen LogP contribution in [0.5, 0.6) is 5.75 Å². The van der Waals surface area contributed by atoms with Crippen LogP contribution in [0, 0.1) is 11.3 Å². The van der Waals surface area contributed by atoms with Crippen LogP contribution < -0.4 is 19.6 Å². The number of carbonyl (C=O) groups is 1. The molecule has 0 saturated carbocycles. The largest absolute Gasteiger partial charge is 0.496 e. The van der Waals surface area contributed by atoms with Gasteiger partial charge in [0, 0.05) is 29.2 Å². The molecule has 8 nitrogen and oxygen atoms in total. The quantitative estimate of drug-likeness (QED) is 0.215. The smallest absolute Gasteiger partial charge is 0.338 e. The summed E-state index contributed by atoms with van der Waals surface area (Å²) in [4.78, 5) is 32.6. The molecule has 3 heterocycles. The van der Waals surface area contributed by atoms with Crippen LogP contribution in [-0.4, -0.2) is 28.8 Å². The number of methoxy groups -OCH3 is 1. The number of thiazole rings is 1. The number of para-hydroxylation sites is 1. The summed E-state index contributed by atoms with van der Waals surface area (Å²) < 4.78 is 15.8. The standard InChI is InChI=1S/C34H27BrN4O4S/c1-4-43-33(41)30-20(2)37-34-39(31(30)23-13-14-28(42-3)26(35)15-23)32(40)29(44-34)16-24-19-38(27-8-6-5-7-25(24)27)18-22-11-9-21(17-36)10-12-22/h5-16,19,31H,4,18H2,1-3H3/b29-16-/t31-/m1/s1. The Labute approximate surface area is 265 Å². The van der Waals surface area contributed by atoms with E-state index in [1.165, 1.54) is 11.3 Å². The first-order valence-corrected chi connectivity index (χ1v) is 15.5. The molecule has 0 radical (unpaired) electrons. The van der Waals surface area contributed by atoms with Gasteiger partial charge in [-0.05, 0) is 77.3 Å². The van der Waals surface area contributed by atoms with Gasteiger partial charge in [0.25, 0.3) is 5.56 Å². The summed E-state index contributed by atoms with van der Waals surface area (Å²) in [7, 11) is 1.58. The third-order valence-corrected chi connectivity index (χ3v) is 9.15. The number of esters is 1. The predicted octanol–water partition coefficient (Wildman–Crippen LogP) is 5.44. The lowest BCUT2D eigenvalue weighted by atomic mass is 9.96. The topological polar surface area (TPSA) is 98.6 Å². The molecular formula is C34H27BrN4O4S. The summed E-state index contributed by atoms with van der Waals surface area (Å²) in [6.45, 7) is 4.33. The molecule has 44 heavy (non-hydrogen) atoms. The third kappa shape index (κ3) is 5.29. The fourth-order valence-electron chi connectivity index (χ4n) is 5.50. The molecule has 3 aromatic carbocycles. The first kappa shape index (κ1) is 29.4. The molecule has 0 bridgehead atoms. The Balaban J connectivity index is 1.50. The molecule has 6 rings (SSSR count). The zero-order chi connectivity index (χ0) is 31.0. The molecule has 0 unspecified atom stereocenters. The van der Waals surface area contributed by atoms with Gasteiger partial charge >= 0.3 is 5.97 Å². The number of nitriles is 1. The molecule has 1 atom stereocenters. The molecule has 5 aromatic rings. The zero-order valence-electron chi connectivity index (χ0n) is 24.2. The second-order valence-electron chi connectivity index (χ2n) is 10.2. The molecule has 0 spiro atoms. The minimum atomic E-state index is -0.729. The number of aromatic nitrogens is 2. The highest BCUT2D eigenvalue weighted by Gasteiger charge is 2.33. The summed E-state index contributed by atoms with van der Waals surface area (Å²) in [5.41, 5.74) is 4.90. The first-order chi connectivity index (χ1) is 21.3. The van der Waals surface area contributed by atoms with Crippen LogP contribution in [0.2, 0.25) is 0 Å². The highest BCUT2D eigenvalue weighted by Crippen LogP contribution is 2.35. The Bertz CT molecular complexity index is 2190. The van der Waals surface area contributed by atoms with E-state index >= 15 is 0 Å². The molecule has 0 N–H and O–H groups in total. The normalized spacial score (nSPS) is 14.7. The lowest BCUT2D eigenvalue weighted by Gasteiger charge is -2.25. The molecule has 0 saturated heterocycles. The monoisotopic (exact) mass is 666 g/mol. The number of halogens is 1. The molecule has 1 aliphatic heterocycles. The van der Waals surface area contributed by atoms with Crippen molar-refractivity contribution in [2.24, 2.45) is 4.99 Å². The highest BCUT2D eigenvalue weighted by molar-refractivity contribution is 9.10. The van der Waals surface area contributed by atoms with Gasteiger partial charge in [-0.15, -0.1) is 0 Å². The van der Waals surface area contributed by atoms with Crippen LogP contribution >= 0.6 is 27.3 Å². The van der Waals surface area contributed by atoms with Crippen LogP contribution in [-0.2, 0) is 16.1 Å². The number of ether oxygens (including phenoxy) is 2. The highest BCUT2D eigenvalue weighted by atomic mass is 79.9. The van der Waals surface area contributed by atoms with Crippen molar-refractivity contribution in [3.63, 3.8) is 0 Å². The summed E-state index contributed by atoms with van der Waals surface area (Å²) in [5.74, 6) is 0.128. The van der Waals surface area contributed by atoms with Crippen molar-refractivity contribution in [2.45, 2.75) is 26.4 Å². The number of benzene rings is 3. The SMILES string of the molecule is CCOC(=O)C1=C(C)N=c2s/c(=C\c3cn(Cc4ccc(C#N)cc4)c4ccccc34)c(=O)n2[C@@H]1c1ccc(OC)c(Br)c1. The first-order valence-electron chi connectivity index (χ1n) is 13.9. The number of allylic oxidation sites excluding steroid dienone is 1. The average Bonchev–Trinajstić information content (AvgIpc) is 3.52. The van der Waals surface area contributed by atoms with Gasteiger partial charge in [-0.25, -0.2) is 9.79 Å². The summed E-state index contributed by atoms with van der Waals surface area (Å²) in [6, 6.07) is 22.5. The molecule has 220 valence electrons. The Hall–Kier alpha value is -4.72. The molecule has 1 aliphatic rings. The average molecular weight is 668 g/mol. The van der Waals surface area contributed by atoms with E-state index in [0.717, 1.165) is 27.6 Å². The Morgan fingerprint density at radius 3 is 2.64 bits per heavy atom. The van der Waals surface area contributed by atoms with Gasteiger partial charge in [0.05, 0.1) is 51.7 Å². The number of rotatable bonds is 7. The van der Waals surface area contributed by atoms with Gasteiger partial charge in [-0.2, -0.15) is 5.26 Å². The second-order valence-corrected chi connectivity index (χ2v) is 12.1. The van der Waals surface area contributed by atoms with E-state index in [0.29, 0.717) is 42.9 Å². The van der Waals surface area contributed by atoms with Crippen LogP contribution in [0.4, 0.5) is 0 Å². The Kier molecular flexibility index (Phi) is 8.08. The van der Waals surface area contributed by atoms with E-state index < -0.39 is 12.0 Å². The summed E-state index contributed by atoms with van der Waals surface area (Å²) >= 11 is 4.84. The Morgan fingerprint density at radius 1 is 1.16 bits per heavy atom. The fraction of sp³-hybridized carbons (Fsp3) is 0.176. The number of carbonyl (C=O) groups excluding carboxylic acids is 1. The van der Waals surface area contributed by atoms with Gasteiger partial charge in [0.1, 0.15) is 5.75 Å². The summed E-state index contributed by atoms with van der Waals surface area (Å²) in [5, 5.41) is 10.2. The maximum absolute atomic E-state index is 14.2. The minimum Gasteiger partial charge on any atom is -0.496 e. The van der Waals surface area contributed by atoms with E-state index in [1.54, 1.807) is 31.6 Å². The maximum atomic E-state index is 14.2. The lowest BCUT2D eigenvalue weighted by Crippen LogP contribution is -2.39. The third-order valence-electron chi connectivity index (χ3n) is 7.55. The molecule has 0 aliphatic carbocycles. The van der Waals surface area contributed by atoms with Crippen molar-refractivity contribution in [3.05, 3.63) is 131 Å². The van der Waals surface area contributed by atoms with Gasteiger partial charge in [-0.1, -0.05) is 47.7 Å². The summed E-state index contributed by atoms with van der Waals surface area (Å²) in [6.07, 6.45) is 3.93. The van der Waals surface area contributed by atoms with Crippen molar-refractivity contribution in [1.82, 2.24) is 9.13 Å². The number of nitrogens with zero attached hydrogens (tertiary/aromatic N) is 4. The number of hydrogen-bond donors (Lipinski definition) is 0. The van der Waals surface area contributed by atoms with Crippen LogP contribution in [0.15, 0.2) is 98.5 Å². The Morgan fingerprint density at radius 2 is 1.93 bits per heavy atom. The molecule has 10 heteroatoms. The molecular weight excluding hydrogens is 640 g/mol. The van der Waals surface area contributed by atoms with Crippen molar-refractivity contribution in [2.75, 3.05) is 13.7 Å². The van der Waals surface area contributed by atoms with Gasteiger partial charge in [0.15, 0.2) is 4.80 Å². The van der Waals surface area contributed by atoms with Crippen molar-refractivity contribution in [3.8, 4) is 11.8 Å². The van der Waals surface area contributed by atoms with E-state index in [1.807, 2.05) is 66.9 Å². The van der Waals surface area contributed by atoms with E-state index in [4.69, 9.17) is 19.7 Å². The molecule has 2 aromatic heterocycles. The van der Waals surface area contributed by atoms with E-state index in [2.05, 4.69) is 32.6 Å². The van der Waals surface area contributed by atoms with Gasteiger partial charge in [0.2, 0.25) is 0 Å². The van der Waals surface area contributed by atoms with Gasteiger partial charge < -0.3 is 14.0 Å². The van der Waals surface area contributed by atoms with Crippen molar-refractivity contribution < 1.29 is 14.3 Å². The maximum Gasteiger partial charge on any atom is 0.338 e. The second kappa shape index (κ2) is 12.1. The zero-order valence-corrected chi connectivity index (χ0v) is 26.6. The minimum absolute atomic E-state index is 0.200. The number of fused-ring (bicyclic) bond motifs is 2. The lowest BCUT2D eigenvalue weighted by molar-refractivity contribution is -0.139. The number of hydrogen-bond acceptors (Lipinski definition) is 7. The fourth-order valence-corrected chi connectivity index (χ4v) is 7.10. The van der Waals surface area contributed by atoms with Crippen LogP contribution in [0.1, 0.15) is 42.1 Å². The molecule has 0 amide bonds. The van der Waals surface area contributed by atoms with E-state index in [-0.39, 0.29) is 12.2 Å². The van der Waals surface area contributed by atoms with Crippen LogP contribution in [0.25, 0.3) is 17.0 Å². The van der Waals surface area contributed by atoms with Gasteiger partial charge in [-0.3, -0.25) is 9.36 Å².